The summed E-state index contributed by atoms with van der Waals surface area (Å²) in [7, 11) is 0. The Morgan fingerprint density at radius 3 is 1.15 bits per heavy atom. The van der Waals surface area contributed by atoms with Crippen LogP contribution >= 0.6 is 0 Å². The highest BCUT2D eigenvalue weighted by Gasteiger charge is 2.22. The molecule has 0 saturated heterocycles. The Labute approximate surface area is 343 Å². The highest BCUT2D eigenvalue weighted by Crippen LogP contribution is 2.16. The first kappa shape index (κ1) is 53.6. The molecular weight excluding hydrogens is 679 g/mol. The molecule has 3 atom stereocenters. The molecule has 0 spiro atoms. The van der Waals surface area contributed by atoms with Gasteiger partial charge in [0.1, 0.15) is 6.10 Å². The Balaban J connectivity index is 3.67. The molecule has 0 aliphatic carbocycles. The number of nitrogens with one attached hydrogen (secondary N) is 1. The molecule has 0 radical (unpaired) electrons. The summed E-state index contributed by atoms with van der Waals surface area (Å²) in [5.41, 5.74) is 0. The van der Waals surface area contributed by atoms with Crippen LogP contribution in [0.5, 0.6) is 0 Å². The number of hydrogen-bond donors (Lipinski definition) is 4. The molecule has 3 unspecified atom stereocenters. The highest BCUT2D eigenvalue weighted by molar-refractivity contribution is 5.80. The van der Waals surface area contributed by atoms with E-state index in [1.807, 2.05) is 6.08 Å². The van der Waals surface area contributed by atoms with E-state index in [2.05, 4.69) is 43.5 Å². The fourth-order valence-corrected chi connectivity index (χ4v) is 7.39. The predicted molar refractivity (Wildman–Crippen MR) is 241 cm³/mol. The molecule has 0 aliphatic heterocycles. The SMILES string of the molecule is CCCCCCCCCCC/C=C\C/C=C\CCCCCCCCC(O)C(=O)NC(CO)C(O)/C=C/CCCCCCCCCCCCCCCCCCC. The number of unbranched alkanes of at least 4 members (excludes halogenated alkanes) is 32. The molecule has 0 heterocycles. The third kappa shape index (κ3) is 40.6. The Morgan fingerprint density at radius 1 is 0.455 bits per heavy atom. The Bertz CT molecular complexity index is 855. The van der Waals surface area contributed by atoms with E-state index < -0.39 is 24.2 Å². The third-order valence-corrected chi connectivity index (χ3v) is 11.2. The highest BCUT2D eigenvalue weighted by atomic mass is 16.3. The van der Waals surface area contributed by atoms with Crippen LogP contribution in [0.4, 0.5) is 0 Å². The molecule has 324 valence electrons. The average molecular weight is 774 g/mol. The van der Waals surface area contributed by atoms with Crippen molar-refractivity contribution in [1.29, 1.82) is 0 Å². The van der Waals surface area contributed by atoms with Crippen molar-refractivity contribution >= 4 is 5.91 Å². The summed E-state index contributed by atoms with van der Waals surface area (Å²) < 4.78 is 0. The molecule has 5 nitrogen and oxygen atoms in total. The van der Waals surface area contributed by atoms with Gasteiger partial charge in [0.05, 0.1) is 18.8 Å². The predicted octanol–water partition coefficient (Wildman–Crippen LogP) is 14.3. The minimum Gasteiger partial charge on any atom is -0.394 e. The van der Waals surface area contributed by atoms with E-state index in [0.717, 1.165) is 44.9 Å². The fraction of sp³-hybridized carbons (Fsp3) is 0.860. The molecule has 55 heavy (non-hydrogen) atoms. The molecule has 0 saturated carbocycles. The molecule has 0 aromatic heterocycles. The summed E-state index contributed by atoms with van der Waals surface area (Å²) in [4.78, 5) is 12.5. The monoisotopic (exact) mass is 774 g/mol. The smallest absolute Gasteiger partial charge is 0.249 e. The normalized spacial score (nSPS) is 13.8. The summed E-state index contributed by atoms with van der Waals surface area (Å²) in [6, 6.07) is -0.802. The van der Waals surface area contributed by atoms with Crippen molar-refractivity contribution in [3.05, 3.63) is 36.5 Å². The molecule has 0 rings (SSSR count). The number of amides is 1. The van der Waals surface area contributed by atoms with Crippen LogP contribution < -0.4 is 5.32 Å². The van der Waals surface area contributed by atoms with Gasteiger partial charge in [0, 0.05) is 0 Å². The second-order valence-corrected chi connectivity index (χ2v) is 16.7. The largest absolute Gasteiger partial charge is 0.394 e. The van der Waals surface area contributed by atoms with E-state index in [4.69, 9.17) is 0 Å². The Morgan fingerprint density at radius 2 is 0.782 bits per heavy atom. The maximum absolute atomic E-state index is 12.5. The van der Waals surface area contributed by atoms with Gasteiger partial charge in [-0.25, -0.2) is 0 Å². The van der Waals surface area contributed by atoms with Crippen LogP contribution in [0, 0.1) is 0 Å². The second kappa shape index (κ2) is 45.3. The summed E-state index contributed by atoms with van der Waals surface area (Å²) >= 11 is 0. The van der Waals surface area contributed by atoms with E-state index >= 15 is 0 Å². The molecular formula is C50H95NO4. The number of aliphatic hydroxyl groups excluding tert-OH is 3. The zero-order valence-corrected chi connectivity index (χ0v) is 36.8. The first-order valence-corrected chi connectivity index (χ1v) is 24.3. The molecule has 0 aromatic rings. The van der Waals surface area contributed by atoms with Crippen LogP contribution in [-0.4, -0.2) is 46.1 Å². The van der Waals surface area contributed by atoms with Gasteiger partial charge >= 0.3 is 0 Å². The number of rotatable bonds is 44. The van der Waals surface area contributed by atoms with Crippen LogP contribution in [0.3, 0.4) is 0 Å². The van der Waals surface area contributed by atoms with Gasteiger partial charge in [-0.2, -0.15) is 0 Å². The van der Waals surface area contributed by atoms with Crippen molar-refractivity contribution in [3.8, 4) is 0 Å². The van der Waals surface area contributed by atoms with Gasteiger partial charge in [-0.3, -0.25) is 4.79 Å². The van der Waals surface area contributed by atoms with Gasteiger partial charge < -0.3 is 20.6 Å². The van der Waals surface area contributed by atoms with Crippen molar-refractivity contribution in [2.45, 2.75) is 270 Å². The molecule has 0 fully saturated rings. The Kier molecular flexibility index (Phi) is 44.1. The lowest BCUT2D eigenvalue weighted by Crippen LogP contribution is -2.48. The van der Waals surface area contributed by atoms with E-state index in [0.29, 0.717) is 6.42 Å². The van der Waals surface area contributed by atoms with Gasteiger partial charge in [-0.15, -0.1) is 0 Å². The van der Waals surface area contributed by atoms with Crippen molar-refractivity contribution < 1.29 is 20.1 Å². The topological polar surface area (TPSA) is 89.8 Å². The standard InChI is InChI=1S/C50H95NO4/c1-3-5-7-9-11-13-15-17-19-21-23-24-25-27-29-31-33-35-37-39-41-43-45-49(54)50(55)51-47(46-52)48(53)44-42-40-38-36-34-32-30-28-26-22-20-18-16-14-12-10-8-6-4-2/h23-24,27,29,42,44,47-49,52-54H,3-22,25-26,28,30-41,43,45-46H2,1-2H3,(H,51,55)/b24-23-,29-27-,44-42+. The quantitative estimate of drug-likeness (QED) is 0.0367. The molecule has 4 N–H and O–H groups in total. The number of hydrogen-bond acceptors (Lipinski definition) is 4. The summed E-state index contributed by atoms with van der Waals surface area (Å²) in [6.07, 6.45) is 57.6. The van der Waals surface area contributed by atoms with E-state index in [1.165, 1.54) is 186 Å². The van der Waals surface area contributed by atoms with Crippen molar-refractivity contribution in [3.63, 3.8) is 0 Å². The molecule has 0 aromatic carbocycles. The van der Waals surface area contributed by atoms with Crippen LogP contribution in [0.15, 0.2) is 36.5 Å². The van der Waals surface area contributed by atoms with Crippen LogP contribution in [-0.2, 0) is 4.79 Å². The molecule has 1 amide bonds. The second-order valence-electron chi connectivity index (χ2n) is 16.7. The van der Waals surface area contributed by atoms with Crippen LogP contribution in [0.25, 0.3) is 0 Å². The average Bonchev–Trinajstić information content (AvgIpc) is 3.19. The molecule has 0 aliphatic rings. The van der Waals surface area contributed by atoms with Crippen LogP contribution in [0.2, 0.25) is 0 Å². The van der Waals surface area contributed by atoms with Crippen molar-refractivity contribution in [2.24, 2.45) is 0 Å². The lowest BCUT2D eigenvalue weighted by molar-refractivity contribution is -0.131. The molecule has 0 bridgehead atoms. The van der Waals surface area contributed by atoms with E-state index in [9.17, 15) is 20.1 Å². The maximum atomic E-state index is 12.5. The number of carbonyl (C=O) groups excluding carboxylic acids is 1. The number of carbonyl (C=O) groups is 1. The first-order chi connectivity index (χ1) is 27.1. The van der Waals surface area contributed by atoms with Crippen LogP contribution in [0.1, 0.15) is 251 Å². The van der Waals surface area contributed by atoms with Gasteiger partial charge in [0.2, 0.25) is 5.91 Å². The minimum absolute atomic E-state index is 0.367. The lowest BCUT2D eigenvalue weighted by Gasteiger charge is -2.21. The fourth-order valence-electron chi connectivity index (χ4n) is 7.39. The van der Waals surface area contributed by atoms with Gasteiger partial charge in [0.25, 0.3) is 0 Å². The minimum atomic E-state index is -1.11. The third-order valence-electron chi connectivity index (χ3n) is 11.2. The Hall–Kier alpha value is -1.43. The van der Waals surface area contributed by atoms with Crippen molar-refractivity contribution in [2.75, 3.05) is 6.61 Å². The zero-order valence-electron chi connectivity index (χ0n) is 36.8. The first-order valence-electron chi connectivity index (χ1n) is 24.3. The van der Waals surface area contributed by atoms with Gasteiger partial charge in [-0.1, -0.05) is 237 Å². The van der Waals surface area contributed by atoms with E-state index in [-0.39, 0.29) is 6.61 Å². The maximum Gasteiger partial charge on any atom is 0.249 e. The van der Waals surface area contributed by atoms with Gasteiger partial charge in [-0.05, 0) is 51.4 Å². The summed E-state index contributed by atoms with van der Waals surface area (Å²) in [6.45, 7) is 4.19. The lowest BCUT2D eigenvalue weighted by atomic mass is 10.0. The summed E-state index contributed by atoms with van der Waals surface area (Å²) in [5, 5.41) is 33.2. The zero-order chi connectivity index (χ0) is 40.1. The number of aliphatic hydroxyl groups is 3. The summed E-state index contributed by atoms with van der Waals surface area (Å²) in [5.74, 6) is -0.509. The van der Waals surface area contributed by atoms with Gasteiger partial charge in [0.15, 0.2) is 0 Å². The van der Waals surface area contributed by atoms with E-state index in [1.54, 1.807) is 6.08 Å². The number of allylic oxidation sites excluding steroid dienone is 5. The van der Waals surface area contributed by atoms with Crippen molar-refractivity contribution in [1.82, 2.24) is 5.32 Å². The molecule has 5 heteroatoms.